The second kappa shape index (κ2) is 5.85. The maximum atomic E-state index is 4.50. The third-order valence-electron chi connectivity index (χ3n) is 3.27. The molecular weight excluding hydrogens is 208 g/mol. The Morgan fingerprint density at radius 3 is 2.53 bits per heavy atom. The number of hydrogen-bond acceptors (Lipinski definition) is 2. The van der Waals surface area contributed by atoms with Gasteiger partial charge in [0.2, 0.25) is 0 Å². The minimum atomic E-state index is 0.611. The Hall–Kier alpha value is -1.31. The first-order valence-electron chi connectivity index (χ1n) is 6.62. The Kier molecular flexibility index (Phi) is 4.18. The molecule has 0 saturated heterocycles. The topological polar surface area (TPSA) is 24.4 Å². The van der Waals surface area contributed by atoms with Gasteiger partial charge in [0.15, 0.2) is 0 Å². The lowest BCUT2D eigenvalue weighted by atomic mass is 10.0. The van der Waals surface area contributed by atoms with Gasteiger partial charge in [-0.25, -0.2) is 0 Å². The third kappa shape index (κ3) is 3.58. The lowest BCUT2D eigenvalue weighted by Gasteiger charge is -2.14. The predicted molar refractivity (Wildman–Crippen MR) is 73.5 cm³/mol. The van der Waals surface area contributed by atoms with Crippen LogP contribution in [0, 0.1) is 0 Å². The van der Waals surface area contributed by atoms with Crippen molar-refractivity contribution < 1.29 is 0 Å². The molecule has 0 bridgehead atoms. The zero-order valence-corrected chi connectivity index (χ0v) is 10.9. The van der Waals surface area contributed by atoms with E-state index in [1.54, 1.807) is 0 Å². The number of hydrogen-bond donors (Lipinski definition) is 1. The minimum absolute atomic E-state index is 0.611. The maximum Gasteiger partial charge on any atom is 0.0965 e. The molecule has 1 aliphatic rings. The van der Waals surface area contributed by atoms with E-state index in [1.807, 2.05) is 0 Å². The number of aliphatic imine (C=N–C) groups is 1. The first-order chi connectivity index (χ1) is 8.25. The van der Waals surface area contributed by atoms with Crippen LogP contribution in [-0.2, 0) is 6.54 Å². The molecule has 2 rings (SSSR count). The molecule has 17 heavy (non-hydrogen) atoms. The van der Waals surface area contributed by atoms with Crippen LogP contribution in [0.4, 0.5) is 0 Å². The zero-order valence-electron chi connectivity index (χ0n) is 10.9. The molecule has 92 valence electrons. The van der Waals surface area contributed by atoms with Gasteiger partial charge in [-0.1, -0.05) is 38.1 Å². The summed E-state index contributed by atoms with van der Waals surface area (Å²) in [5.41, 5.74) is 2.74. The van der Waals surface area contributed by atoms with Gasteiger partial charge in [-0.05, 0) is 29.9 Å². The van der Waals surface area contributed by atoms with Gasteiger partial charge in [-0.3, -0.25) is 4.99 Å². The van der Waals surface area contributed by atoms with E-state index < -0.39 is 0 Å². The lowest BCUT2D eigenvalue weighted by molar-refractivity contribution is 0.706. The van der Waals surface area contributed by atoms with Gasteiger partial charge in [-0.2, -0.15) is 0 Å². The largest absolute Gasteiger partial charge is 0.370 e. The Morgan fingerprint density at radius 2 is 1.94 bits per heavy atom. The van der Waals surface area contributed by atoms with E-state index in [0.29, 0.717) is 5.92 Å². The minimum Gasteiger partial charge on any atom is -0.370 e. The number of nitrogens with zero attached hydrogens (tertiary/aromatic N) is 1. The molecule has 0 amide bonds. The molecule has 1 aromatic carbocycles. The summed E-state index contributed by atoms with van der Waals surface area (Å²) < 4.78 is 0. The molecule has 1 heterocycles. The van der Waals surface area contributed by atoms with Gasteiger partial charge in [0, 0.05) is 19.5 Å². The van der Waals surface area contributed by atoms with Crippen LogP contribution in [0.5, 0.6) is 0 Å². The number of rotatable bonds is 3. The first-order valence-corrected chi connectivity index (χ1v) is 6.62. The summed E-state index contributed by atoms with van der Waals surface area (Å²) >= 11 is 0. The van der Waals surface area contributed by atoms with Crippen molar-refractivity contribution in [3.8, 4) is 0 Å². The van der Waals surface area contributed by atoms with Crippen molar-refractivity contribution >= 4 is 5.84 Å². The summed E-state index contributed by atoms with van der Waals surface area (Å²) in [7, 11) is 0. The molecule has 0 spiro atoms. The van der Waals surface area contributed by atoms with Crippen molar-refractivity contribution in [1.29, 1.82) is 0 Å². The van der Waals surface area contributed by atoms with Gasteiger partial charge in [0.05, 0.1) is 5.84 Å². The monoisotopic (exact) mass is 230 g/mol. The molecule has 1 aromatic rings. The average Bonchev–Trinajstić information content (AvgIpc) is 2.38. The smallest absolute Gasteiger partial charge is 0.0965 e. The highest BCUT2D eigenvalue weighted by Crippen LogP contribution is 2.14. The number of amidine groups is 1. The summed E-state index contributed by atoms with van der Waals surface area (Å²) in [5.74, 6) is 1.80. The van der Waals surface area contributed by atoms with Gasteiger partial charge >= 0.3 is 0 Å². The van der Waals surface area contributed by atoms with E-state index in [-0.39, 0.29) is 0 Å². The first kappa shape index (κ1) is 12.2. The van der Waals surface area contributed by atoms with Crippen LogP contribution in [0.2, 0.25) is 0 Å². The van der Waals surface area contributed by atoms with Crippen LogP contribution in [0.1, 0.15) is 50.2 Å². The Balaban J connectivity index is 1.88. The van der Waals surface area contributed by atoms with Crippen molar-refractivity contribution in [1.82, 2.24) is 5.32 Å². The van der Waals surface area contributed by atoms with E-state index in [2.05, 4.69) is 48.4 Å². The summed E-state index contributed by atoms with van der Waals surface area (Å²) in [5, 5.41) is 3.44. The summed E-state index contributed by atoms with van der Waals surface area (Å²) in [6.45, 7) is 6.35. The van der Waals surface area contributed by atoms with Crippen molar-refractivity contribution in [2.45, 2.75) is 45.6 Å². The molecular formula is C15H22N2. The average molecular weight is 230 g/mol. The van der Waals surface area contributed by atoms with Crippen molar-refractivity contribution in [3.05, 3.63) is 35.4 Å². The van der Waals surface area contributed by atoms with Crippen molar-refractivity contribution in [2.75, 3.05) is 6.54 Å². The fourth-order valence-corrected chi connectivity index (χ4v) is 2.07. The lowest BCUT2D eigenvalue weighted by Crippen LogP contribution is -2.25. The van der Waals surface area contributed by atoms with Crippen LogP contribution in [0.15, 0.2) is 29.3 Å². The van der Waals surface area contributed by atoms with Crippen LogP contribution < -0.4 is 5.32 Å². The molecule has 0 atom stereocenters. The second-order valence-electron chi connectivity index (χ2n) is 5.04. The molecule has 2 heteroatoms. The van der Waals surface area contributed by atoms with Gasteiger partial charge < -0.3 is 5.32 Å². The molecule has 2 nitrogen and oxygen atoms in total. The van der Waals surface area contributed by atoms with Crippen LogP contribution in [0.25, 0.3) is 0 Å². The molecule has 1 N–H and O–H groups in total. The van der Waals surface area contributed by atoms with E-state index in [0.717, 1.165) is 19.5 Å². The van der Waals surface area contributed by atoms with E-state index in [4.69, 9.17) is 0 Å². The van der Waals surface area contributed by atoms with Crippen LogP contribution >= 0.6 is 0 Å². The van der Waals surface area contributed by atoms with Crippen molar-refractivity contribution in [2.24, 2.45) is 4.99 Å². The highest BCUT2D eigenvalue weighted by molar-refractivity contribution is 5.82. The zero-order chi connectivity index (χ0) is 12.1. The number of benzene rings is 1. The molecule has 1 aliphatic heterocycles. The third-order valence-corrected chi connectivity index (χ3v) is 3.27. The maximum absolute atomic E-state index is 4.50. The van der Waals surface area contributed by atoms with Gasteiger partial charge in [0.25, 0.3) is 0 Å². The standard InChI is InChI=1S/C15H22N2/c1-12(2)14-8-6-13(7-9-14)11-17-15-5-3-4-10-16-15/h6-9,12H,3-5,10-11H2,1-2H3,(H,16,17). The second-order valence-corrected chi connectivity index (χ2v) is 5.04. The SMILES string of the molecule is CC(C)c1ccc(CNC2=NCCCC2)cc1. The molecule has 0 saturated carbocycles. The molecule has 0 aliphatic carbocycles. The molecule has 0 fully saturated rings. The summed E-state index contributed by atoms with van der Waals surface area (Å²) in [6, 6.07) is 8.88. The number of nitrogens with one attached hydrogen (secondary N) is 1. The predicted octanol–water partition coefficient (Wildman–Crippen LogP) is 3.48. The Bertz CT molecular complexity index is 376. The van der Waals surface area contributed by atoms with Gasteiger partial charge in [0.1, 0.15) is 0 Å². The summed E-state index contributed by atoms with van der Waals surface area (Å²) in [4.78, 5) is 4.50. The van der Waals surface area contributed by atoms with Crippen LogP contribution in [0.3, 0.4) is 0 Å². The van der Waals surface area contributed by atoms with Gasteiger partial charge in [-0.15, -0.1) is 0 Å². The van der Waals surface area contributed by atoms with Crippen molar-refractivity contribution in [3.63, 3.8) is 0 Å². The normalized spacial score (nSPS) is 15.8. The molecule has 0 unspecified atom stereocenters. The van der Waals surface area contributed by atoms with E-state index in [1.165, 1.54) is 29.8 Å². The van der Waals surface area contributed by atoms with Crippen LogP contribution in [-0.4, -0.2) is 12.4 Å². The molecule has 0 radical (unpaired) electrons. The highest BCUT2D eigenvalue weighted by Gasteiger charge is 2.04. The molecule has 0 aromatic heterocycles. The van der Waals surface area contributed by atoms with E-state index in [9.17, 15) is 0 Å². The fourth-order valence-electron chi connectivity index (χ4n) is 2.07. The Labute approximate surface area is 104 Å². The Morgan fingerprint density at radius 1 is 1.18 bits per heavy atom. The quantitative estimate of drug-likeness (QED) is 0.844. The fraction of sp³-hybridized carbons (Fsp3) is 0.533. The highest BCUT2D eigenvalue weighted by atomic mass is 15.0. The summed E-state index contributed by atoms with van der Waals surface area (Å²) in [6.07, 6.45) is 3.64. The van der Waals surface area contributed by atoms with E-state index >= 15 is 0 Å².